The lowest BCUT2D eigenvalue weighted by molar-refractivity contribution is 0.452. The Bertz CT molecular complexity index is 769. The summed E-state index contributed by atoms with van der Waals surface area (Å²) in [4.78, 5) is 0. The van der Waals surface area contributed by atoms with Gasteiger partial charge in [-0.05, 0) is 44.4 Å². The lowest BCUT2D eigenvalue weighted by Crippen LogP contribution is -2.34. The highest BCUT2D eigenvalue weighted by Crippen LogP contribution is 2.25. The van der Waals surface area contributed by atoms with Crippen molar-refractivity contribution in [3.05, 3.63) is 30.1 Å². The van der Waals surface area contributed by atoms with Gasteiger partial charge in [0.15, 0.2) is 5.82 Å². The third-order valence-electron chi connectivity index (χ3n) is 4.19. The third-order valence-corrected chi connectivity index (χ3v) is 5.83. The second-order valence-corrected chi connectivity index (χ2v) is 8.46. The van der Waals surface area contributed by atoms with Crippen LogP contribution in [0, 0.1) is 6.92 Å². The molecule has 0 saturated heterocycles. The summed E-state index contributed by atoms with van der Waals surface area (Å²) in [6, 6.07) is 5.72. The molecule has 2 aromatic heterocycles. The van der Waals surface area contributed by atoms with E-state index >= 15 is 0 Å². The van der Waals surface area contributed by atoms with Gasteiger partial charge in [-0.1, -0.05) is 6.42 Å². The summed E-state index contributed by atoms with van der Waals surface area (Å²) in [5.74, 6) is 1.32. The van der Waals surface area contributed by atoms with Gasteiger partial charge in [0.2, 0.25) is 0 Å². The predicted octanol–water partition coefficient (Wildman–Crippen LogP) is 1.74. The molecule has 0 aromatic carbocycles. The first-order chi connectivity index (χ1) is 10.9. The Kier molecular flexibility index (Phi) is 4.34. The van der Waals surface area contributed by atoms with Crippen LogP contribution in [0.1, 0.15) is 31.4 Å². The van der Waals surface area contributed by atoms with Crippen LogP contribution in [0.25, 0.3) is 5.82 Å². The van der Waals surface area contributed by atoms with Gasteiger partial charge in [0.05, 0.1) is 10.9 Å². The molecule has 124 valence electrons. The number of nitrogens with zero attached hydrogens (tertiary/aromatic N) is 4. The lowest BCUT2D eigenvalue weighted by atomic mass is 9.95. The molecule has 2 aromatic rings. The minimum atomic E-state index is -2.98. The SMILES string of the molecule is Cc1ccn(-c2ccc(NC3CCCC(S(C)(=O)=O)C3)nn2)n1. The van der Waals surface area contributed by atoms with Crippen LogP contribution in [-0.2, 0) is 9.84 Å². The van der Waals surface area contributed by atoms with Crippen LogP contribution in [0.15, 0.2) is 24.4 Å². The highest BCUT2D eigenvalue weighted by Gasteiger charge is 2.28. The molecule has 1 aliphatic rings. The molecular weight excluding hydrogens is 314 g/mol. The van der Waals surface area contributed by atoms with E-state index in [0.29, 0.717) is 18.1 Å². The van der Waals surface area contributed by atoms with Gasteiger partial charge >= 0.3 is 0 Å². The first-order valence-corrected chi connectivity index (χ1v) is 9.69. The smallest absolute Gasteiger partial charge is 0.175 e. The van der Waals surface area contributed by atoms with E-state index < -0.39 is 9.84 Å². The number of sulfone groups is 1. The van der Waals surface area contributed by atoms with Crippen LogP contribution in [0.2, 0.25) is 0 Å². The van der Waals surface area contributed by atoms with Crippen molar-refractivity contribution in [1.29, 1.82) is 0 Å². The average molecular weight is 335 g/mol. The molecular formula is C15H21N5O2S. The largest absolute Gasteiger partial charge is 0.366 e. The molecule has 8 heteroatoms. The van der Waals surface area contributed by atoms with E-state index in [9.17, 15) is 8.42 Å². The molecule has 3 rings (SSSR count). The summed E-state index contributed by atoms with van der Waals surface area (Å²) in [6.07, 6.45) is 6.40. The van der Waals surface area contributed by atoms with Gasteiger partial charge < -0.3 is 5.32 Å². The molecule has 0 aliphatic heterocycles. The second-order valence-electron chi connectivity index (χ2n) is 6.14. The van der Waals surface area contributed by atoms with Crippen molar-refractivity contribution in [2.24, 2.45) is 0 Å². The maximum Gasteiger partial charge on any atom is 0.175 e. The fraction of sp³-hybridized carbons (Fsp3) is 0.533. The van der Waals surface area contributed by atoms with E-state index in [2.05, 4.69) is 20.6 Å². The van der Waals surface area contributed by atoms with Crippen LogP contribution >= 0.6 is 0 Å². The monoisotopic (exact) mass is 335 g/mol. The van der Waals surface area contributed by atoms with E-state index in [1.165, 1.54) is 6.26 Å². The molecule has 2 heterocycles. The number of rotatable bonds is 4. The van der Waals surface area contributed by atoms with Crippen LogP contribution in [0.4, 0.5) is 5.82 Å². The number of anilines is 1. The van der Waals surface area contributed by atoms with Crippen LogP contribution in [-0.4, -0.2) is 45.9 Å². The number of hydrogen-bond donors (Lipinski definition) is 1. The zero-order valence-corrected chi connectivity index (χ0v) is 14.1. The standard InChI is InChI=1S/C15H21N5O2S/c1-11-8-9-20(19-11)15-7-6-14(17-18-15)16-12-4-3-5-13(10-12)23(2,21)22/h6-9,12-13H,3-5,10H2,1-2H3,(H,16,17). The minimum Gasteiger partial charge on any atom is -0.366 e. The highest BCUT2D eigenvalue weighted by molar-refractivity contribution is 7.91. The predicted molar refractivity (Wildman–Crippen MR) is 88.4 cm³/mol. The highest BCUT2D eigenvalue weighted by atomic mass is 32.2. The van der Waals surface area contributed by atoms with Gasteiger partial charge in [0, 0.05) is 18.5 Å². The van der Waals surface area contributed by atoms with Crippen LogP contribution in [0.3, 0.4) is 0 Å². The molecule has 2 atom stereocenters. The van der Waals surface area contributed by atoms with Crippen molar-refractivity contribution < 1.29 is 8.42 Å². The summed E-state index contributed by atoms with van der Waals surface area (Å²) >= 11 is 0. The summed E-state index contributed by atoms with van der Waals surface area (Å²) in [5.41, 5.74) is 0.919. The summed E-state index contributed by atoms with van der Waals surface area (Å²) in [7, 11) is -2.98. The van der Waals surface area contributed by atoms with Crippen molar-refractivity contribution in [3.63, 3.8) is 0 Å². The Hall–Kier alpha value is -1.96. The Labute approximate surface area is 136 Å². The molecule has 1 fully saturated rings. The molecule has 0 bridgehead atoms. The number of aromatic nitrogens is 4. The molecule has 0 radical (unpaired) electrons. The molecule has 2 unspecified atom stereocenters. The maximum atomic E-state index is 11.7. The van der Waals surface area contributed by atoms with Crippen LogP contribution < -0.4 is 5.32 Å². The van der Waals surface area contributed by atoms with Gasteiger partial charge in [0.25, 0.3) is 0 Å². The third kappa shape index (κ3) is 3.87. The minimum absolute atomic E-state index is 0.121. The van der Waals surface area contributed by atoms with E-state index in [1.54, 1.807) is 4.68 Å². The first kappa shape index (κ1) is 15.9. The van der Waals surface area contributed by atoms with Crippen molar-refractivity contribution in [2.75, 3.05) is 11.6 Å². The normalized spacial score (nSPS) is 22.0. The second kappa shape index (κ2) is 6.27. The van der Waals surface area contributed by atoms with Crippen molar-refractivity contribution in [1.82, 2.24) is 20.0 Å². The Morgan fingerprint density at radius 1 is 1.22 bits per heavy atom. The van der Waals surface area contributed by atoms with E-state index in [0.717, 1.165) is 25.0 Å². The first-order valence-electron chi connectivity index (χ1n) is 7.73. The zero-order chi connectivity index (χ0) is 16.4. The van der Waals surface area contributed by atoms with Gasteiger partial charge in [-0.2, -0.15) is 5.10 Å². The fourth-order valence-corrected chi connectivity index (χ4v) is 4.12. The number of hydrogen-bond acceptors (Lipinski definition) is 6. The topological polar surface area (TPSA) is 89.8 Å². The molecule has 0 amide bonds. The van der Waals surface area contributed by atoms with Gasteiger partial charge in [-0.15, -0.1) is 10.2 Å². The van der Waals surface area contributed by atoms with Gasteiger partial charge in [-0.3, -0.25) is 0 Å². The summed E-state index contributed by atoms with van der Waals surface area (Å²) < 4.78 is 25.1. The molecule has 1 N–H and O–H groups in total. The Balaban J connectivity index is 1.66. The van der Waals surface area contributed by atoms with Gasteiger partial charge in [0.1, 0.15) is 15.7 Å². The van der Waals surface area contributed by atoms with Gasteiger partial charge in [-0.25, -0.2) is 13.1 Å². The van der Waals surface area contributed by atoms with E-state index in [4.69, 9.17) is 0 Å². The molecule has 0 spiro atoms. The number of aryl methyl sites for hydroxylation is 1. The maximum absolute atomic E-state index is 11.7. The van der Waals surface area contributed by atoms with Crippen molar-refractivity contribution in [2.45, 2.75) is 43.9 Å². The molecule has 1 saturated carbocycles. The zero-order valence-electron chi connectivity index (χ0n) is 13.3. The van der Waals surface area contributed by atoms with Crippen molar-refractivity contribution in [3.8, 4) is 5.82 Å². The molecule has 23 heavy (non-hydrogen) atoms. The van der Waals surface area contributed by atoms with E-state index in [1.807, 2.05) is 31.3 Å². The average Bonchev–Trinajstić information content (AvgIpc) is 2.94. The molecule has 1 aliphatic carbocycles. The van der Waals surface area contributed by atoms with Crippen molar-refractivity contribution >= 4 is 15.7 Å². The lowest BCUT2D eigenvalue weighted by Gasteiger charge is -2.28. The number of nitrogens with one attached hydrogen (secondary N) is 1. The Morgan fingerprint density at radius 2 is 2.04 bits per heavy atom. The van der Waals surface area contributed by atoms with Crippen LogP contribution in [0.5, 0.6) is 0 Å². The Morgan fingerprint density at radius 3 is 2.65 bits per heavy atom. The quantitative estimate of drug-likeness (QED) is 0.915. The summed E-state index contributed by atoms with van der Waals surface area (Å²) in [5, 5.41) is 15.7. The molecule has 7 nitrogen and oxygen atoms in total. The van der Waals surface area contributed by atoms with E-state index in [-0.39, 0.29) is 11.3 Å². The fourth-order valence-electron chi connectivity index (χ4n) is 2.94. The summed E-state index contributed by atoms with van der Waals surface area (Å²) in [6.45, 7) is 1.92.